The monoisotopic (exact) mass is 919 g/mol. The van der Waals surface area contributed by atoms with Gasteiger partial charge in [0.15, 0.2) is 6.10 Å². The van der Waals surface area contributed by atoms with Gasteiger partial charge >= 0.3 is 17.9 Å². The number of hydrogen-bond donors (Lipinski definition) is 0. The second-order valence-electron chi connectivity index (χ2n) is 20.8. The molecule has 386 valence electrons. The van der Waals surface area contributed by atoms with E-state index in [0.29, 0.717) is 19.3 Å². The van der Waals surface area contributed by atoms with Gasteiger partial charge in [0.25, 0.3) is 0 Å². The Morgan fingerprint density at radius 1 is 0.292 bits per heavy atom. The van der Waals surface area contributed by atoms with E-state index in [0.717, 1.165) is 63.7 Å². The molecule has 6 heteroatoms. The van der Waals surface area contributed by atoms with E-state index in [9.17, 15) is 14.4 Å². The minimum absolute atomic E-state index is 0.0619. The van der Waals surface area contributed by atoms with E-state index in [4.69, 9.17) is 14.2 Å². The highest BCUT2D eigenvalue weighted by Gasteiger charge is 2.19. The predicted molar refractivity (Wildman–Crippen MR) is 280 cm³/mol. The Balaban J connectivity index is 4.18. The molecule has 0 N–H and O–H groups in total. The third kappa shape index (κ3) is 53.2. The van der Waals surface area contributed by atoms with E-state index in [1.807, 2.05) is 0 Å². The summed E-state index contributed by atoms with van der Waals surface area (Å²) in [4.78, 5) is 38.0. The maximum atomic E-state index is 12.8. The largest absolute Gasteiger partial charge is 0.462 e. The van der Waals surface area contributed by atoms with Crippen molar-refractivity contribution < 1.29 is 28.6 Å². The van der Waals surface area contributed by atoms with Gasteiger partial charge in [-0.1, -0.05) is 297 Å². The molecular weight excluding hydrogens is 805 g/mol. The van der Waals surface area contributed by atoms with Crippen LogP contribution in [0.15, 0.2) is 0 Å². The summed E-state index contributed by atoms with van der Waals surface area (Å²) in [6, 6.07) is 0. The van der Waals surface area contributed by atoms with Crippen LogP contribution in [-0.4, -0.2) is 37.2 Å². The molecule has 1 atom stereocenters. The van der Waals surface area contributed by atoms with Crippen molar-refractivity contribution in [2.75, 3.05) is 13.2 Å². The Hall–Kier alpha value is -1.59. The van der Waals surface area contributed by atoms with Gasteiger partial charge in [-0.2, -0.15) is 0 Å². The third-order valence-corrected chi connectivity index (χ3v) is 13.5. The fraction of sp³-hybridized carbons (Fsp3) is 0.949. The molecule has 0 heterocycles. The highest BCUT2D eigenvalue weighted by Crippen LogP contribution is 2.18. The van der Waals surface area contributed by atoms with Crippen LogP contribution < -0.4 is 0 Å². The molecule has 0 radical (unpaired) electrons. The zero-order chi connectivity index (χ0) is 47.4. The molecule has 0 spiro atoms. The lowest BCUT2D eigenvalue weighted by atomic mass is 10.0. The van der Waals surface area contributed by atoms with Crippen molar-refractivity contribution in [1.29, 1.82) is 0 Å². The molecule has 0 saturated carbocycles. The first-order valence-corrected chi connectivity index (χ1v) is 29.4. The topological polar surface area (TPSA) is 78.9 Å². The van der Waals surface area contributed by atoms with Crippen LogP contribution in [0.2, 0.25) is 0 Å². The molecule has 6 nitrogen and oxygen atoms in total. The van der Waals surface area contributed by atoms with E-state index in [2.05, 4.69) is 27.7 Å². The molecule has 65 heavy (non-hydrogen) atoms. The summed E-state index contributed by atoms with van der Waals surface area (Å²) in [7, 11) is 0. The molecule has 0 fully saturated rings. The summed E-state index contributed by atoms with van der Waals surface area (Å²) in [5.41, 5.74) is 0. The standard InChI is InChI=1S/C59H114O6/c1-5-7-9-11-13-15-16-17-18-21-25-28-31-35-39-43-47-51-58(61)64-54-56(53-63-57(60)50-46-42-38-33-14-12-10-8-6-2)65-59(62)52-48-44-40-36-32-29-26-23-20-19-22-24-27-30-34-37-41-45-49-55(3)4/h55-56H,5-54H2,1-4H3/t56-/m1/s1. The molecule has 0 aromatic carbocycles. The Kier molecular flexibility index (Phi) is 52.1. The minimum Gasteiger partial charge on any atom is -0.462 e. The molecule has 0 aliphatic carbocycles. The average molecular weight is 920 g/mol. The molecule has 0 saturated heterocycles. The zero-order valence-electron chi connectivity index (χ0n) is 44.5. The van der Waals surface area contributed by atoms with Crippen LogP contribution in [0.3, 0.4) is 0 Å². The fourth-order valence-corrected chi connectivity index (χ4v) is 9.10. The number of carbonyl (C=O) groups excluding carboxylic acids is 3. The van der Waals surface area contributed by atoms with E-state index >= 15 is 0 Å². The lowest BCUT2D eigenvalue weighted by molar-refractivity contribution is -0.167. The average Bonchev–Trinajstić information content (AvgIpc) is 3.29. The van der Waals surface area contributed by atoms with Gasteiger partial charge < -0.3 is 14.2 Å². The van der Waals surface area contributed by atoms with Crippen LogP contribution >= 0.6 is 0 Å². The van der Waals surface area contributed by atoms with Crippen molar-refractivity contribution in [2.24, 2.45) is 5.92 Å². The second kappa shape index (κ2) is 53.4. The van der Waals surface area contributed by atoms with Crippen molar-refractivity contribution in [3.8, 4) is 0 Å². The summed E-state index contributed by atoms with van der Waals surface area (Å²) in [5.74, 6) is 0.0205. The first-order valence-electron chi connectivity index (χ1n) is 29.4. The maximum absolute atomic E-state index is 12.8. The van der Waals surface area contributed by atoms with E-state index in [1.54, 1.807) is 0 Å². The zero-order valence-corrected chi connectivity index (χ0v) is 44.5. The number of hydrogen-bond acceptors (Lipinski definition) is 6. The number of unbranched alkanes of at least 4 members (excludes halogenated alkanes) is 41. The van der Waals surface area contributed by atoms with E-state index in [-0.39, 0.29) is 31.1 Å². The Labute approximate surface area is 406 Å². The lowest BCUT2D eigenvalue weighted by Gasteiger charge is -2.18. The van der Waals surface area contributed by atoms with Crippen molar-refractivity contribution in [2.45, 2.75) is 342 Å². The maximum Gasteiger partial charge on any atom is 0.306 e. The normalized spacial score (nSPS) is 12.0. The number of ether oxygens (including phenoxy) is 3. The Bertz CT molecular complexity index is 980. The van der Waals surface area contributed by atoms with E-state index < -0.39 is 6.10 Å². The molecule has 0 bridgehead atoms. The highest BCUT2D eigenvalue weighted by atomic mass is 16.6. The van der Waals surface area contributed by atoms with Crippen molar-refractivity contribution in [3.63, 3.8) is 0 Å². The van der Waals surface area contributed by atoms with E-state index in [1.165, 1.54) is 231 Å². The number of carbonyl (C=O) groups is 3. The first-order chi connectivity index (χ1) is 31.9. The van der Waals surface area contributed by atoms with Crippen LogP contribution in [0.25, 0.3) is 0 Å². The van der Waals surface area contributed by atoms with Crippen LogP contribution in [-0.2, 0) is 28.6 Å². The fourth-order valence-electron chi connectivity index (χ4n) is 9.10. The summed E-state index contributed by atoms with van der Waals surface area (Å²) in [6.45, 7) is 9.06. The van der Waals surface area contributed by atoms with Gasteiger partial charge in [-0.25, -0.2) is 0 Å². The van der Waals surface area contributed by atoms with Gasteiger partial charge in [-0.15, -0.1) is 0 Å². The summed E-state index contributed by atoms with van der Waals surface area (Å²) >= 11 is 0. The van der Waals surface area contributed by atoms with Gasteiger partial charge in [-0.05, 0) is 25.2 Å². The number of esters is 3. The van der Waals surface area contributed by atoms with Crippen LogP contribution in [0.1, 0.15) is 336 Å². The summed E-state index contributed by atoms with van der Waals surface area (Å²) in [6.07, 6.45) is 58.2. The second-order valence-corrected chi connectivity index (χ2v) is 20.8. The SMILES string of the molecule is CCCCCCCCCCCCCCCCCCCC(=O)OC[C@@H](COC(=O)CCCCCCCCCCC)OC(=O)CCCCCCCCCCCCCCCCCCCCC(C)C. The molecule has 0 rings (SSSR count). The van der Waals surface area contributed by atoms with Crippen molar-refractivity contribution in [1.82, 2.24) is 0 Å². The van der Waals surface area contributed by atoms with Gasteiger partial charge in [0.05, 0.1) is 0 Å². The lowest BCUT2D eigenvalue weighted by Crippen LogP contribution is -2.30. The van der Waals surface area contributed by atoms with Gasteiger partial charge in [-0.3, -0.25) is 14.4 Å². The molecule has 0 aliphatic heterocycles. The summed E-state index contributed by atoms with van der Waals surface area (Å²) in [5, 5.41) is 0. The molecule has 0 aliphatic rings. The minimum atomic E-state index is -0.761. The first kappa shape index (κ1) is 63.4. The van der Waals surface area contributed by atoms with Crippen molar-refractivity contribution in [3.05, 3.63) is 0 Å². The Morgan fingerprint density at radius 2 is 0.508 bits per heavy atom. The predicted octanol–water partition coefficient (Wildman–Crippen LogP) is 19.4. The van der Waals surface area contributed by atoms with Crippen molar-refractivity contribution >= 4 is 17.9 Å². The molecule has 0 unspecified atom stereocenters. The number of rotatable bonds is 54. The smallest absolute Gasteiger partial charge is 0.306 e. The quantitative estimate of drug-likeness (QED) is 0.0344. The van der Waals surface area contributed by atoms with Gasteiger partial charge in [0.1, 0.15) is 13.2 Å². The van der Waals surface area contributed by atoms with Gasteiger partial charge in [0, 0.05) is 19.3 Å². The molecule has 0 aromatic rings. The highest BCUT2D eigenvalue weighted by molar-refractivity contribution is 5.71. The summed E-state index contributed by atoms with van der Waals surface area (Å²) < 4.78 is 16.9. The molecule has 0 aromatic heterocycles. The van der Waals surface area contributed by atoms with Crippen LogP contribution in [0, 0.1) is 5.92 Å². The molecular formula is C59H114O6. The Morgan fingerprint density at radius 3 is 0.754 bits per heavy atom. The third-order valence-electron chi connectivity index (χ3n) is 13.5. The van der Waals surface area contributed by atoms with Crippen LogP contribution in [0.5, 0.6) is 0 Å². The molecule has 0 amide bonds. The van der Waals surface area contributed by atoms with Gasteiger partial charge in [0.2, 0.25) is 0 Å². The van der Waals surface area contributed by atoms with Crippen LogP contribution in [0.4, 0.5) is 0 Å².